The van der Waals surface area contributed by atoms with Gasteiger partial charge in [0.1, 0.15) is 25.4 Å². The normalized spacial score (nSPS) is 17.8. The van der Waals surface area contributed by atoms with Crippen molar-refractivity contribution in [2.75, 3.05) is 19.5 Å². The molecule has 0 spiro atoms. The molecule has 15 heteroatoms. The molecule has 58 heavy (non-hydrogen) atoms. The third kappa shape index (κ3) is 11.7. The zero-order chi connectivity index (χ0) is 42.0. The highest BCUT2D eigenvalue weighted by molar-refractivity contribution is 7.86. The predicted octanol–water partition coefficient (Wildman–Crippen LogP) is 5.66. The number of hydrogen-bond donors (Lipinski definition) is 2. The van der Waals surface area contributed by atoms with Gasteiger partial charge in [-0.3, -0.25) is 4.18 Å². The number of carbonyl (C=O) groups is 2. The first-order chi connectivity index (χ1) is 27.5. The van der Waals surface area contributed by atoms with Gasteiger partial charge in [0.15, 0.2) is 5.79 Å². The van der Waals surface area contributed by atoms with Crippen molar-refractivity contribution in [1.29, 1.82) is 0 Å². The van der Waals surface area contributed by atoms with Crippen LogP contribution >= 0.6 is 0 Å². The van der Waals surface area contributed by atoms with Crippen LogP contribution in [0.5, 0.6) is 0 Å². The van der Waals surface area contributed by atoms with Gasteiger partial charge in [-0.25, -0.2) is 20.0 Å². The molecule has 2 amide bonds. The number of ether oxygens (including phenoxy) is 4. The maximum atomic E-state index is 13.7. The van der Waals surface area contributed by atoms with E-state index in [4.69, 9.17) is 27.6 Å². The van der Waals surface area contributed by atoms with Crippen LogP contribution in [0, 0.1) is 0 Å². The van der Waals surface area contributed by atoms with Gasteiger partial charge in [-0.1, -0.05) is 142 Å². The van der Waals surface area contributed by atoms with Gasteiger partial charge < -0.3 is 28.5 Å². The van der Waals surface area contributed by atoms with Crippen LogP contribution in [0.4, 0.5) is 9.59 Å². The van der Waals surface area contributed by atoms with Crippen LogP contribution in [0.3, 0.4) is 0 Å². The largest absolute Gasteiger partial charge is 0.443 e. The first kappa shape index (κ1) is 44.5. The van der Waals surface area contributed by atoms with E-state index < -0.39 is 72.4 Å². The van der Waals surface area contributed by atoms with Crippen LogP contribution in [0.2, 0.25) is 5.04 Å². The Morgan fingerprint density at radius 3 is 1.76 bits per heavy atom. The predicted molar refractivity (Wildman–Crippen MR) is 221 cm³/mol. The summed E-state index contributed by atoms with van der Waals surface area (Å²) in [5.74, 6) is -1.26. The molecule has 312 valence electrons. The fraction of sp³-hybridized carbons (Fsp3) is 0.395. The number of amides is 2. The van der Waals surface area contributed by atoms with Crippen molar-refractivity contribution in [1.82, 2.24) is 10.4 Å². The number of aliphatic hydroxyl groups is 1. The number of hydrogen-bond acceptors (Lipinski definition) is 11. The molecule has 0 aromatic heterocycles. The number of carbonyl (C=O) groups excluding carboxylic acids is 2. The highest BCUT2D eigenvalue weighted by Gasteiger charge is 2.53. The fourth-order valence-corrected chi connectivity index (χ4v) is 12.4. The van der Waals surface area contributed by atoms with Crippen molar-refractivity contribution >= 4 is 41.0 Å². The van der Waals surface area contributed by atoms with Crippen LogP contribution in [-0.2, 0) is 50.9 Å². The maximum Gasteiger partial charge on any atom is 0.429 e. The van der Waals surface area contributed by atoms with Crippen LogP contribution in [0.15, 0.2) is 121 Å². The van der Waals surface area contributed by atoms with Crippen molar-refractivity contribution in [3.63, 3.8) is 0 Å². The molecule has 0 bridgehead atoms. The Kier molecular flexibility index (Phi) is 14.9. The van der Waals surface area contributed by atoms with Gasteiger partial charge >= 0.3 is 12.2 Å². The highest BCUT2D eigenvalue weighted by atomic mass is 32.2. The molecule has 13 nitrogen and oxygen atoms in total. The number of benzene rings is 4. The number of nitrogens with one attached hydrogen (secondary N) is 1. The second-order valence-electron chi connectivity index (χ2n) is 15.6. The molecule has 1 heterocycles. The lowest BCUT2D eigenvalue weighted by Crippen LogP contribution is -2.67. The second kappa shape index (κ2) is 19.4. The maximum absolute atomic E-state index is 13.7. The van der Waals surface area contributed by atoms with Crippen LogP contribution in [-0.4, -0.2) is 88.6 Å². The molecule has 0 saturated carbocycles. The van der Waals surface area contributed by atoms with Gasteiger partial charge in [-0.2, -0.15) is 8.42 Å². The molecule has 0 radical (unpaired) electrons. The lowest BCUT2D eigenvalue weighted by molar-refractivity contribution is -0.156. The second-order valence-corrected chi connectivity index (χ2v) is 21.5. The van der Waals surface area contributed by atoms with Crippen molar-refractivity contribution in [3.8, 4) is 0 Å². The molecule has 4 aromatic rings. The third-order valence-electron chi connectivity index (χ3n) is 9.67. The lowest BCUT2D eigenvalue weighted by Gasteiger charge is -2.44. The highest BCUT2D eigenvalue weighted by Crippen LogP contribution is 2.39. The third-order valence-corrected chi connectivity index (χ3v) is 15.3. The Bertz CT molecular complexity index is 1980. The molecule has 1 fully saturated rings. The standard InChI is InChI=1S/C43H54N2O11SSi/c1-42(2,3)58(35-23-15-9-16-24-35,36-25-17-10-18-26-36)53-31-38(56-57(6,49)50)39-37(54-43(4,5)55-39)27-34(28-46)45(41(48)52-30-33-21-13-8-14-22-33)44-40(47)51-29-32-19-11-7-12-20-32/h7-26,34,37-39,46H,27-31H2,1-6H3,(H,44,47)/t34-,37+,38-,39+/m1/s1. The van der Waals surface area contributed by atoms with E-state index in [1.807, 2.05) is 72.8 Å². The van der Waals surface area contributed by atoms with Gasteiger partial charge in [0, 0.05) is 6.42 Å². The summed E-state index contributed by atoms with van der Waals surface area (Å²) in [6.45, 7) is 8.53. The van der Waals surface area contributed by atoms with E-state index in [1.54, 1.807) is 62.4 Å². The summed E-state index contributed by atoms with van der Waals surface area (Å²) in [7, 11) is -7.30. The minimum Gasteiger partial charge on any atom is -0.443 e. The summed E-state index contributed by atoms with van der Waals surface area (Å²) in [5.41, 5.74) is 3.85. The molecule has 4 aromatic carbocycles. The summed E-state index contributed by atoms with van der Waals surface area (Å²) >= 11 is 0. The smallest absolute Gasteiger partial charge is 0.429 e. The Morgan fingerprint density at radius 1 is 0.810 bits per heavy atom. The topological polar surface area (TPSA) is 159 Å². The van der Waals surface area contributed by atoms with E-state index in [1.165, 1.54) is 0 Å². The van der Waals surface area contributed by atoms with Crippen molar-refractivity contribution < 1.29 is 50.7 Å². The number of aliphatic hydroxyl groups excluding tert-OH is 1. The Hall–Kier alpha value is -4.61. The minimum atomic E-state index is -4.10. The van der Waals surface area contributed by atoms with Crippen LogP contribution < -0.4 is 15.8 Å². The SMILES string of the molecule is CC1(C)O[C@H]([C@@H](CO[Si](c2ccccc2)(c2ccccc2)C(C)(C)C)OS(C)(=O)=O)[C@H](C[C@H](CO)N(NC(=O)OCc2ccccc2)C(=O)OCc2ccccc2)O1. The van der Waals surface area contributed by atoms with E-state index in [0.29, 0.717) is 11.1 Å². The van der Waals surface area contributed by atoms with Crippen LogP contribution in [0.25, 0.3) is 0 Å². The van der Waals surface area contributed by atoms with Gasteiger partial charge in [-0.15, -0.1) is 0 Å². The quantitative estimate of drug-likeness (QED) is 0.0816. The number of hydrazine groups is 1. The van der Waals surface area contributed by atoms with Gasteiger partial charge in [0.05, 0.1) is 31.6 Å². The van der Waals surface area contributed by atoms with Crippen molar-refractivity contribution in [2.45, 2.75) is 89.4 Å². The van der Waals surface area contributed by atoms with E-state index in [2.05, 4.69) is 26.2 Å². The first-order valence-corrected chi connectivity index (χ1v) is 22.8. The summed E-state index contributed by atoms with van der Waals surface area (Å²) in [6.07, 6.45) is -4.50. The minimum absolute atomic E-state index is 0.0882. The van der Waals surface area contributed by atoms with Crippen LogP contribution in [0.1, 0.15) is 52.2 Å². The summed E-state index contributed by atoms with van der Waals surface area (Å²) < 4.78 is 62.5. The molecule has 1 aliphatic heterocycles. The molecular formula is C43H54N2O11SSi. The lowest BCUT2D eigenvalue weighted by atomic mass is 10.0. The Morgan fingerprint density at radius 2 is 1.29 bits per heavy atom. The van der Waals surface area contributed by atoms with Gasteiger partial charge in [0.2, 0.25) is 0 Å². The molecule has 1 aliphatic rings. The monoisotopic (exact) mass is 834 g/mol. The molecule has 0 unspecified atom stereocenters. The molecule has 4 atom stereocenters. The average Bonchev–Trinajstić information content (AvgIpc) is 3.51. The number of rotatable bonds is 16. The summed E-state index contributed by atoms with van der Waals surface area (Å²) in [5, 5.41) is 13.2. The molecule has 5 rings (SSSR count). The van der Waals surface area contributed by atoms with Crippen molar-refractivity contribution in [3.05, 3.63) is 132 Å². The Balaban J connectivity index is 1.45. The van der Waals surface area contributed by atoms with Gasteiger partial charge in [0.25, 0.3) is 18.4 Å². The van der Waals surface area contributed by atoms with E-state index in [-0.39, 0.29) is 26.2 Å². The van der Waals surface area contributed by atoms with E-state index >= 15 is 0 Å². The van der Waals surface area contributed by atoms with E-state index in [0.717, 1.165) is 21.6 Å². The summed E-state index contributed by atoms with van der Waals surface area (Å²) in [6, 6.07) is 36.5. The first-order valence-electron chi connectivity index (χ1n) is 19.1. The van der Waals surface area contributed by atoms with E-state index in [9.17, 15) is 23.1 Å². The zero-order valence-corrected chi connectivity index (χ0v) is 35.6. The fourth-order valence-electron chi connectivity index (χ4n) is 7.19. The van der Waals surface area contributed by atoms with Crippen molar-refractivity contribution in [2.24, 2.45) is 0 Å². The molecule has 1 saturated heterocycles. The molecule has 0 aliphatic carbocycles. The van der Waals surface area contributed by atoms with Gasteiger partial charge in [-0.05, 0) is 40.4 Å². The average molecular weight is 835 g/mol. The Labute approximate surface area is 342 Å². The summed E-state index contributed by atoms with van der Waals surface area (Å²) in [4.78, 5) is 26.9. The zero-order valence-electron chi connectivity index (χ0n) is 33.8. The molecular weight excluding hydrogens is 781 g/mol. The number of nitrogens with zero attached hydrogens (tertiary/aromatic N) is 1. The molecule has 2 N–H and O–H groups in total.